The third kappa shape index (κ3) is 2.73. The van der Waals surface area contributed by atoms with Crippen LogP contribution in [0.1, 0.15) is 9.67 Å². The van der Waals surface area contributed by atoms with Crippen LogP contribution in [-0.2, 0) is 0 Å². The molecule has 0 aliphatic carbocycles. The summed E-state index contributed by atoms with van der Waals surface area (Å²) in [6.45, 7) is 0. The molecule has 104 valence electrons. The topological polar surface area (TPSA) is 30.0 Å². The first kappa shape index (κ1) is 13.6. The number of halogens is 2. The van der Waals surface area contributed by atoms with E-state index in [1.165, 1.54) is 23.5 Å². The summed E-state index contributed by atoms with van der Waals surface area (Å²) < 4.78 is 26.8. The van der Waals surface area contributed by atoms with Crippen LogP contribution in [0.15, 0.2) is 48.7 Å². The monoisotopic (exact) mass is 301 g/mol. The third-order valence-electron chi connectivity index (χ3n) is 2.99. The number of aromatic nitrogens is 1. The second kappa shape index (κ2) is 5.54. The molecule has 0 N–H and O–H groups in total. The molecule has 2 aromatic heterocycles. The van der Waals surface area contributed by atoms with Gasteiger partial charge in [-0.2, -0.15) is 0 Å². The molecular formula is C16H9F2NOS. The molecule has 0 aliphatic rings. The summed E-state index contributed by atoms with van der Waals surface area (Å²) in [5.41, 5.74) is 1.50. The number of aldehydes is 1. The van der Waals surface area contributed by atoms with Gasteiger partial charge in [-0.15, -0.1) is 11.3 Å². The number of benzene rings is 1. The first-order valence-corrected chi connectivity index (χ1v) is 6.96. The maximum absolute atomic E-state index is 13.8. The van der Waals surface area contributed by atoms with Gasteiger partial charge in [0, 0.05) is 22.7 Å². The largest absolute Gasteiger partial charge is 0.297 e. The Bertz CT molecular complexity index is 814. The highest BCUT2D eigenvalue weighted by molar-refractivity contribution is 7.17. The highest BCUT2D eigenvalue weighted by atomic mass is 32.1. The van der Waals surface area contributed by atoms with Crippen molar-refractivity contribution in [2.45, 2.75) is 0 Å². The molecule has 0 saturated heterocycles. The standard InChI is InChI=1S/C16H9F2NOS/c17-11-1-3-13(14(18)8-11)15-7-10(5-6-19-15)16-4-2-12(9-20)21-16/h1-9H. The van der Waals surface area contributed by atoms with Crippen LogP contribution in [0.3, 0.4) is 0 Å². The minimum atomic E-state index is -0.653. The second-order valence-corrected chi connectivity index (χ2v) is 5.49. The first-order chi connectivity index (χ1) is 10.2. The minimum absolute atomic E-state index is 0.241. The van der Waals surface area contributed by atoms with Crippen LogP contribution in [0.4, 0.5) is 8.78 Å². The summed E-state index contributed by atoms with van der Waals surface area (Å²) in [5.74, 6) is -1.28. The number of thiophene rings is 1. The Morgan fingerprint density at radius 1 is 1.05 bits per heavy atom. The van der Waals surface area contributed by atoms with Gasteiger partial charge in [-0.05, 0) is 42.0 Å². The number of carbonyl (C=O) groups is 1. The van der Waals surface area contributed by atoms with E-state index in [4.69, 9.17) is 0 Å². The van der Waals surface area contributed by atoms with Crippen molar-refractivity contribution >= 4 is 17.6 Å². The fourth-order valence-electron chi connectivity index (χ4n) is 2.00. The molecule has 0 saturated carbocycles. The lowest BCUT2D eigenvalue weighted by atomic mass is 10.1. The molecule has 0 spiro atoms. The smallest absolute Gasteiger partial charge is 0.160 e. The summed E-state index contributed by atoms with van der Waals surface area (Å²) in [7, 11) is 0. The Balaban J connectivity index is 2.05. The van der Waals surface area contributed by atoms with E-state index in [1.807, 2.05) is 6.07 Å². The van der Waals surface area contributed by atoms with E-state index in [9.17, 15) is 13.6 Å². The lowest BCUT2D eigenvalue weighted by Crippen LogP contribution is -1.89. The molecule has 5 heteroatoms. The summed E-state index contributed by atoms with van der Waals surface area (Å²) in [5, 5.41) is 0. The zero-order valence-electron chi connectivity index (χ0n) is 10.7. The van der Waals surface area contributed by atoms with E-state index < -0.39 is 11.6 Å². The Kier molecular flexibility index (Phi) is 3.58. The molecule has 0 aliphatic heterocycles. The molecule has 0 radical (unpaired) electrons. The predicted molar refractivity (Wildman–Crippen MR) is 78.3 cm³/mol. The van der Waals surface area contributed by atoms with Gasteiger partial charge < -0.3 is 0 Å². The minimum Gasteiger partial charge on any atom is -0.297 e. The summed E-state index contributed by atoms with van der Waals surface area (Å²) in [4.78, 5) is 16.4. The van der Waals surface area contributed by atoms with Crippen LogP contribution < -0.4 is 0 Å². The number of nitrogens with zero attached hydrogens (tertiary/aromatic N) is 1. The molecule has 3 aromatic rings. The van der Waals surface area contributed by atoms with Crippen molar-refractivity contribution < 1.29 is 13.6 Å². The van der Waals surface area contributed by atoms with Crippen LogP contribution in [0.2, 0.25) is 0 Å². The van der Waals surface area contributed by atoms with Gasteiger partial charge in [-0.1, -0.05) is 0 Å². The summed E-state index contributed by atoms with van der Waals surface area (Å²) in [6.07, 6.45) is 2.35. The van der Waals surface area contributed by atoms with Gasteiger partial charge in [-0.3, -0.25) is 9.78 Å². The fourth-order valence-corrected chi connectivity index (χ4v) is 2.82. The Morgan fingerprint density at radius 2 is 1.90 bits per heavy atom. The van der Waals surface area contributed by atoms with E-state index in [0.29, 0.717) is 10.6 Å². The van der Waals surface area contributed by atoms with Crippen molar-refractivity contribution in [3.8, 4) is 21.7 Å². The molecule has 2 heterocycles. The van der Waals surface area contributed by atoms with Gasteiger partial charge in [0.15, 0.2) is 6.29 Å². The molecule has 0 unspecified atom stereocenters. The molecule has 2 nitrogen and oxygen atoms in total. The zero-order chi connectivity index (χ0) is 14.8. The third-order valence-corrected chi connectivity index (χ3v) is 4.05. The van der Waals surface area contributed by atoms with E-state index in [0.717, 1.165) is 22.8 Å². The Morgan fingerprint density at radius 3 is 2.62 bits per heavy atom. The van der Waals surface area contributed by atoms with Gasteiger partial charge in [0.2, 0.25) is 0 Å². The SMILES string of the molecule is O=Cc1ccc(-c2ccnc(-c3ccc(F)cc3F)c2)s1. The molecule has 0 fully saturated rings. The molecule has 3 rings (SSSR count). The normalized spacial score (nSPS) is 10.6. The Hall–Kier alpha value is -2.40. The van der Waals surface area contributed by atoms with Crippen molar-refractivity contribution in [1.82, 2.24) is 4.98 Å². The van der Waals surface area contributed by atoms with Crippen molar-refractivity contribution in [3.05, 3.63) is 65.2 Å². The number of carbonyl (C=O) groups excluding carboxylic acids is 1. The summed E-state index contributed by atoms with van der Waals surface area (Å²) >= 11 is 1.35. The Labute approximate surface area is 123 Å². The lowest BCUT2D eigenvalue weighted by Gasteiger charge is -2.05. The number of hydrogen-bond acceptors (Lipinski definition) is 3. The maximum Gasteiger partial charge on any atom is 0.160 e. The van der Waals surface area contributed by atoms with Crippen LogP contribution >= 0.6 is 11.3 Å². The van der Waals surface area contributed by atoms with E-state index in [1.54, 1.807) is 24.4 Å². The second-order valence-electron chi connectivity index (χ2n) is 4.37. The van der Waals surface area contributed by atoms with Crippen molar-refractivity contribution in [1.29, 1.82) is 0 Å². The highest BCUT2D eigenvalue weighted by Gasteiger charge is 2.10. The maximum atomic E-state index is 13.8. The van der Waals surface area contributed by atoms with E-state index in [2.05, 4.69) is 4.98 Å². The molecular weight excluding hydrogens is 292 g/mol. The van der Waals surface area contributed by atoms with E-state index in [-0.39, 0.29) is 5.56 Å². The number of rotatable bonds is 3. The lowest BCUT2D eigenvalue weighted by molar-refractivity contribution is 0.112. The predicted octanol–water partition coefficient (Wildman–Crippen LogP) is 4.57. The molecule has 21 heavy (non-hydrogen) atoms. The van der Waals surface area contributed by atoms with Crippen molar-refractivity contribution in [2.24, 2.45) is 0 Å². The highest BCUT2D eigenvalue weighted by Crippen LogP contribution is 2.30. The fraction of sp³-hybridized carbons (Fsp3) is 0. The van der Waals surface area contributed by atoms with Crippen LogP contribution in [0.25, 0.3) is 21.7 Å². The van der Waals surface area contributed by atoms with Crippen molar-refractivity contribution in [3.63, 3.8) is 0 Å². The van der Waals surface area contributed by atoms with Crippen LogP contribution in [0.5, 0.6) is 0 Å². The van der Waals surface area contributed by atoms with Gasteiger partial charge >= 0.3 is 0 Å². The zero-order valence-corrected chi connectivity index (χ0v) is 11.5. The first-order valence-electron chi connectivity index (χ1n) is 6.14. The van der Waals surface area contributed by atoms with Crippen molar-refractivity contribution in [2.75, 3.05) is 0 Å². The number of pyridine rings is 1. The van der Waals surface area contributed by atoms with E-state index >= 15 is 0 Å². The van der Waals surface area contributed by atoms with Crippen LogP contribution in [0, 0.1) is 11.6 Å². The van der Waals surface area contributed by atoms with Gasteiger partial charge in [0.05, 0.1) is 10.6 Å². The van der Waals surface area contributed by atoms with Gasteiger partial charge in [0.25, 0.3) is 0 Å². The molecule has 0 atom stereocenters. The van der Waals surface area contributed by atoms with Crippen LogP contribution in [-0.4, -0.2) is 11.3 Å². The quantitative estimate of drug-likeness (QED) is 0.663. The average Bonchev–Trinajstić information content (AvgIpc) is 2.96. The molecule has 0 amide bonds. The van der Waals surface area contributed by atoms with Gasteiger partial charge in [-0.25, -0.2) is 8.78 Å². The molecule has 0 bridgehead atoms. The average molecular weight is 301 g/mol. The summed E-state index contributed by atoms with van der Waals surface area (Å²) in [6, 6.07) is 10.5. The number of hydrogen-bond donors (Lipinski definition) is 0. The van der Waals surface area contributed by atoms with Gasteiger partial charge in [0.1, 0.15) is 11.6 Å². The molecule has 1 aromatic carbocycles.